The van der Waals surface area contributed by atoms with Crippen LogP contribution >= 0.6 is 0 Å². The second-order valence-corrected chi connectivity index (χ2v) is 4.49. The Bertz CT molecular complexity index is 511. The fourth-order valence-electron chi connectivity index (χ4n) is 1.94. The first-order valence-corrected chi connectivity index (χ1v) is 6.37. The van der Waals surface area contributed by atoms with Crippen molar-refractivity contribution in [3.63, 3.8) is 0 Å². The fraction of sp³-hybridized carbons (Fsp3) is 0.250. The van der Waals surface area contributed by atoms with Gasteiger partial charge in [0.25, 0.3) is 0 Å². The summed E-state index contributed by atoms with van der Waals surface area (Å²) in [6.45, 7) is 3.17. The van der Waals surface area contributed by atoms with Gasteiger partial charge in [-0.15, -0.1) is 0 Å². The van der Waals surface area contributed by atoms with E-state index < -0.39 is 0 Å². The van der Waals surface area contributed by atoms with Crippen LogP contribution in [-0.4, -0.2) is 6.61 Å². The van der Waals surface area contributed by atoms with Gasteiger partial charge in [-0.1, -0.05) is 42.5 Å². The van der Waals surface area contributed by atoms with Crippen molar-refractivity contribution >= 4 is 0 Å². The standard InChI is InChI=1S/C16H19NO2/c1-13-11-14(9-10-19-17)7-8-16(13)18-12-15-5-3-2-4-6-15/h2-8,11H,9-10,12,17H2,1H3. The average molecular weight is 257 g/mol. The highest BCUT2D eigenvalue weighted by Crippen LogP contribution is 2.20. The zero-order valence-corrected chi connectivity index (χ0v) is 11.1. The van der Waals surface area contributed by atoms with Crippen molar-refractivity contribution in [2.24, 2.45) is 5.90 Å². The normalized spacial score (nSPS) is 10.4. The quantitative estimate of drug-likeness (QED) is 0.809. The van der Waals surface area contributed by atoms with E-state index in [1.165, 1.54) is 11.1 Å². The number of hydrogen-bond donors (Lipinski definition) is 1. The van der Waals surface area contributed by atoms with Crippen LogP contribution in [0.5, 0.6) is 5.75 Å². The molecule has 0 bridgehead atoms. The van der Waals surface area contributed by atoms with Gasteiger partial charge in [-0.2, -0.15) is 0 Å². The highest BCUT2D eigenvalue weighted by molar-refractivity contribution is 5.36. The number of rotatable bonds is 6. The lowest BCUT2D eigenvalue weighted by molar-refractivity contribution is 0.141. The molecule has 2 rings (SSSR count). The van der Waals surface area contributed by atoms with Gasteiger partial charge in [-0.05, 0) is 36.1 Å². The molecule has 2 N–H and O–H groups in total. The molecule has 0 saturated heterocycles. The van der Waals surface area contributed by atoms with Crippen molar-refractivity contribution in [2.45, 2.75) is 20.0 Å². The lowest BCUT2D eigenvalue weighted by Gasteiger charge is -2.10. The maximum absolute atomic E-state index is 5.83. The van der Waals surface area contributed by atoms with E-state index in [1.807, 2.05) is 37.3 Å². The summed E-state index contributed by atoms with van der Waals surface area (Å²) < 4.78 is 5.83. The monoisotopic (exact) mass is 257 g/mol. The summed E-state index contributed by atoms with van der Waals surface area (Å²) in [6, 6.07) is 16.3. The summed E-state index contributed by atoms with van der Waals surface area (Å²) >= 11 is 0. The highest BCUT2D eigenvalue weighted by atomic mass is 16.6. The van der Waals surface area contributed by atoms with Crippen LogP contribution in [0.3, 0.4) is 0 Å². The number of ether oxygens (including phenoxy) is 1. The van der Waals surface area contributed by atoms with E-state index in [-0.39, 0.29) is 0 Å². The second-order valence-electron chi connectivity index (χ2n) is 4.49. The molecule has 0 aromatic heterocycles. The minimum Gasteiger partial charge on any atom is -0.489 e. The lowest BCUT2D eigenvalue weighted by atomic mass is 10.1. The fourth-order valence-corrected chi connectivity index (χ4v) is 1.94. The van der Waals surface area contributed by atoms with Crippen molar-refractivity contribution < 1.29 is 9.57 Å². The average Bonchev–Trinajstić information content (AvgIpc) is 2.45. The van der Waals surface area contributed by atoms with E-state index in [1.54, 1.807) is 0 Å². The minimum absolute atomic E-state index is 0.531. The van der Waals surface area contributed by atoms with Crippen molar-refractivity contribution in [1.82, 2.24) is 0 Å². The van der Waals surface area contributed by atoms with Crippen LogP contribution in [-0.2, 0) is 17.9 Å². The Morgan fingerprint density at radius 1 is 1.00 bits per heavy atom. The molecule has 3 nitrogen and oxygen atoms in total. The van der Waals surface area contributed by atoms with Gasteiger partial charge in [0.15, 0.2) is 0 Å². The van der Waals surface area contributed by atoms with E-state index in [9.17, 15) is 0 Å². The van der Waals surface area contributed by atoms with Crippen LogP contribution in [0.4, 0.5) is 0 Å². The Morgan fingerprint density at radius 2 is 1.79 bits per heavy atom. The van der Waals surface area contributed by atoms with E-state index in [0.717, 1.165) is 17.7 Å². The van der Waals surface area contributed by atoms with Gasteiger partial charge in [0.2, 0.25) is 0 Å². The molecule has 19 heavy (non-hydrogen) atoms. The first kappa shape index (κ1) is 13.6. The molecule has 0 heterocycles. The van der Waals surface area contributed by atoms with Crippen molar-refractivity contribution in [2.75, 3.05) is 6.61 Å². The molecule has 0 amide bonds. The molecule has 0 unspecified atom stereocenters. The molecule has 0 aliphatic rings. The van der Waals surface area contributed by atoms with Gasteiger partial charge in [0, 0.05) is 0 Å². The predicted octanol–water partition coefficient (Wildman–Crippen LogP) is 3.01. The summed E-state index contributed by atoms with van der Waals surface area (Å²) in [6.07, 6.45) is 0.816. The van der Waals surface area contributed by atoms with Crippen LogP contribution in [0.1, 0.15) is 16.7 Å². The summed E-state index contributed by atoms with van der Waals surface area (Å²) in [7, 11) is 0. The molecule has 0 spiro atoms. The Labute approximate surface area is 113 Å². The third-order valence-corrected chi connectivity index (χ3v) is 2.99. The van der Waals surface area contributed by atoms with Crippen LogP contribution in [0, 0.1) is 6.92 Å². The van der Waals surface area contributed by atoms with Crippen molar-refractivity contribution in [3.05, 3.63) is 65.2 Å². The molecule has 3 heteroatoms. The third kappa shape index (κ3) is 4.09. The summed E-state index contributed by atoms with van der Waals surface area (Å²) in [5.74, 6) is 5.95. The summed E-state index contributed by atoms with van der Waals surface area (Å²) in [5, 5.41) is 0. The molecular weight excluding hydrogens is 238 g/mol. The molecule has 0 aliphatic heterocycles. The Hall–Kier alpha value is -1.84. The van der Waals surface area contributed by atoms with Crippen molar-refractivity contribution in [3.8, 4) is 5.75 Å². The molecule has 0 atom stereocenters. The topological polar surface area (TPSA) is 44.5 Å². The van der Waals surface area contributed by atoms with Gasteiger partial charge >= 0.3 is 0 Å². The number of aryl methyl sites for hydroxylation is 1. The first-order chi connectivity index (χ1) is 9.29. The van der Waals surface area contributed by atoms with Gasteiger partial charge in [0.1, 0.15) is 12.4 Å². The van der Waals surface area contributed by atoms with Crippen LogP contribution < -0.4 is 10.6 Å². The van der Waals surface area contributed by atoms with E-state index in [4.69, 9.17) is 10.6 Å². The molecular formula is C16H19NO2. The SMILES string of the molecule is Cc1cc(CCON)ccc1OCc1ccccc1. The first-order valence-electron chi connectivity index (χ1n) is 6.37. The Balaban J connectivity index is 1.97. The zero-order chi connectivity index (χ0) is 13.5. The molecule has 2 aromatic carbocycles. The van der Waals surface area contributed by atoms with Gasteiger partial charge < -0.3 is 9.57 Å². The van der Waals surface area contributed by atoms with E-state index >= 15 is 0 Å². The van der Waals surface area contributed by atoms with Gasteiger partial charge in [0.05, 0.1) is 6.61 Å². The molecule has 2 aromatic rings. The van der Waals surface area contributed by atoms with Gasteiger partial charge in [-0.3, -0.25) is 0 Å². The number of benzene rings is 2. The van der Waals surface area contributed by atoms with Crippen LogP contribution in [0.15, 0.2) is 48.5 Å². The van der Waals surface area contributed by atoms with Crippen LogP contribution in [0.2, 0.25) is 0 Å². The summed E-state index contributed by atoms with van der Waals surface area (Å²) in [5.41, 5.74) is 3.50. The lowest BCUT2D eigenvalue weighted by Crippen LogP contribution is -2.04. The summed E-state index contributed by atoms with van der Waals surface area (Å²) in [4.78, 5) is 4.59. The highest BCUT2D eigenvalue weighted by Gasteiger charge is 2.02. The smallest absolute Gasteiger partial charge is 0.122 e. The van der Waals surface area contributed by atoms with E-state index in [0.29, 0.717) is 13.2 Å². The zero-order valence-electron chi connectivity index (χ0n) is 11.1. The number of nitrogens with two attached hydrogens (primary N) is 1. The molecule has 0 radical (unpaired) electrons. The second kappa shape index (κ2) is 6.92. The Morgan fingerprint density at radius 3 is 2.47 bits per heavy atom. The largest absolute Gasteiger partial charge is 0.489 e. The van der Waals surface area contributed by atoms with Gasteiger partial charge in [-0.25, -0.2) is 5.90 Å². The number of hydrogen-bond acceptors (Lipinski definition) is 3. The maximum atomic E-state index is 5.83. The molecule has 0 saturated carbocycles. The van der Waals surface area contributed by atoms with E-state index in [2.05, 4.69) is 23.0 Å². The molecule has 100 valence electrons. The molecule has 0 fully saturated rings. The predicted molar refractivity (Wildman–Crippen MR) is 75.8 cm³/mol. The minimum atomic E-state index is 0.531. The maximum Gasteiger partial charge on any atom is 0.122 e. The molecule has 0 aliphatic carbocycles. The van der Waals surface area contributed by atoms with Crippen molar-refractivity contribution in [1.29, 1.82) is 0 Å². The third-order valence-electron chi connectivity index (χ3n) is 2.99. The van der Waals surface area contributed by atoms with Crippen LogP contribution in [0.25, 0.3) is 0 Å². The Kier molecular flexibility index (Phi) is 4.95.